The average Bonchev–Trinajstić information content (AvgIpc) is 2.24. The van der Waals surface area contributed by atoms with E-state index in [4.69, 9.17) is 16.3 Å². The monoisotopic (exact) mass is 360 g/mol. The van der Waals surface area contributed by atoms with E-state index >= 15 is 0 Å². The van der Waals surface area contributed by atoms with Crippen LogP contribution < -0.4 is 5.32 Å². The predicted molar refractivity (Wildman–Crippen MR) is 84.4 cm³/mol. The molecule has 20 heavy (non-hydrogen) atoms. The van der Waals surface area contributed by atoms with Crippen LogP contribution >= 0.6 is 27.5 Å². The molecule has 2 rings (SSSR count). The highest BCUT2D eigenvalue weighted by molar-refractivity contribution is 9.10. The van der Waals surface area contributed by atoms with Gasteiger partial charge in [-0.3, -0.25) is 0 Å². The highest BCUT2D eigenvalue weighted by atomic mass is 79.9. The van der Waals surface area contributed by atoms with Crippen LogP contribution in [0.2, 0.25) is 5.02 Å². The maximum atomic E-state index is 11.8. The number of ether oxygens (including phenoxy) is 1. The van der Waals surface area contributed by atoms with Crippen LogP contribution in [0.5, 0.6) is 0 Å². The number of amides is 1. The van der Waals surface area contributed by atoms with E-state index in [9.17, 15) is 4.79 Å². The predicted octanol–water partition coefficient (Wildman–Crippen LogP) is 4.13. The van der Waals surface area contributed by atoms with Gasteiger partial charge >= 0.3 is 6.09 Å². The second-order valence-electron chi connectivity index (χ2n) is 5.85. The Morgan fingerprint density at radius 3 is 2.70 bits per heavy atom. The van der Waals surface area contributed by atoms with Gasteiger partial charge in [0.05, 0.1) is 11.7 Å². The number of anilines is 1. The van der Waals surface area contributed by atoms with Gasteiger partial charge in [-0.15, -0.1) is 0 Å². The molecule has 0 radical (unpaired) electrons. The number of nitrogens with zero attached hydrogens (tertiary/aromatic N) is 1. The Hall–Kier alpha value is -0.940. The lowest BCUT2D eigenvalue weighted by Gasteiger charge is -2.40. The first-order valence-electron chi connectivity index (χ1n) is 6.44. The van der Waals surface area contributed by atoms with E-state index in [0.29, 0.717) is 18.1 Å². The highest BCUT2D eigenvalue weighted by Gasteiger charge is 2.33. The summed E-state index contributed by atoms with van der Waals surface area (Å²) in [6, 6.07) is 5.80. The fourth-order valence-electron chi connectivity index (χ4n) is 1.87. The molecule has 0 aliphatic carbocycles. The average molecular weight is 362 g/mol. The molecule has 0 bridgehead atoms. The summed E-state index contributed by atoms with van der Waals surface area (Å²) in [5.74, 6) is 0. The molecule has 1 saturated heterocycles. The van der Waals surface area contributed by atoms with Gasteiger partial charge in [0, 0.05) is 22.6 Å². The lowest BCUT2D eigenvalue weighted by molar-refractivity contribution is 0.0105. The van der Waals surface area contributed by atoms with Gasteiger partial charge in [-0.1, -0.05) is 11.6 Å². The molecular weight excluding hydrogens is 344 g/mol. The van der Waals surface area contributed by atoms with Crippen molar-refractivity contribution in [3.05, 3.63) is 27.7 Å². The van der Waals surface area contributed by atoms with Crippen LogP contribution in [-0.4, -0.2) is 35.7 Å². The molecule has 1 aliphatic heterocycles. The smallest absolute Gasteiger partial charge is 0.410 e. The lowest BCUT2D eigenvalue weighted by Crippen LogP contribution is -2.57. The molecule has 0 unspecified atom stereocenters. The van der Waals surface area contributed by atoms with Crippen molar-refractivity contribution >= 4 is 39.3 Å². The number of likely N-dealkylation sites (tertiary alicyclic amines) is 1. The Kier molecular flexibility index (Phi) is 4.49. The Labute approximate surface area is 132 Å². The summed E-state index contributed by atoms with van der Waals surface area (Å²) in [6.45, 7) is 6.86. The van der Waals surface area contributed by atoms with E-state index in [0.717, 1.165) is 10.2 Å². The molecule has 1 N–H and O–H groups in total. The van der Waals surface area contributed by atoms with Crippen molar-refractivity contribution in [1.29, 1.82) is 0 Å². The standard InChI is InChI=1S/C14H18BrClN2O2/c1-14(2,3)20-13(19)18-7-10(8-18)17-12-6-9(16)4-5-11(12)15/h4-6,10,17H,7-8H2,1-3H3. The van der Waals surface area contributed by atoms with E-state index in [1.165, 1.54) is 0 Å². The second kappa shape index (κ2) is 5.82. The molecule has 6 heteroatoms. The summed E-state index contributed by atoms with van der Waals surface area (Å²) in [5.41, 5.74) is 0.484. The highest BCUT2D eigenvalue weighted by Crippen LogP contribution is 2.28. The van der Waals surface area contributed by atoms with Crippen LogP contribution in [0.3, 0.4) is 0 Å². The zero-order valence-electron chi connectivity index (χ0n) is 11.7. The maximum Gasteiger partial charge on any atom is 0.410 e. The van der Waals surface area contributed by atoms with Crippen LogP contribution in [0, 0.1) is 0 Å². The minimum atomic E-state index is -0.453. The number of rotatable bonds is 2. The Morgan fingerprint density at radius 1 is 1.45 bits per heavy atom. The first-order chi connectivity index (χ1) is 9.24. The Bertz CT molecular complexity index is 510. The minimum Gasteiger partial charge on any atom is -0.444 e. The number of carbonyl (C=O) groups excluding carboxylic acids is 1. The maximum absolute atomic E-state index is 11.8. The summed E-state index contributed by atoms with van der Waals surface area (Å²) >= 11 is 9.44. The van der Waals surface area contributed by atoms with Crippen molar-refractivity contribution in [2.24, 2.45) is 0 Å². The Balaban J connectivity index is 1.85. The zero-order chi connectivity index (χ0) is 14.9. The quantitative estimate of drug-likeness (QED) is 0.861. The van der Waals surface area contributed by atoms with Gasteiger partial charge in [-0.25, -0.2) is 4.79 Å². The molecule has 1 heterocycles. The fourth-order valence-corrected chi connectivity index (χ4v) is 2.41. The van der Waals surface area contributed by atoms with Crippen molar-refractivity contribution in [2.75, 3.05) is 18.4 Å². The first-order valence-corrected chi connectivity index (χ1v) is 7.61. The summed E-state index contributed by atoms with van der Waals surface area (Å²) in [5, 5.41) is 4.03. The van der Waals surface area contributed by atoms with E-state index in [1.807, 2.05) is 39.0 Å². The topological polar surface area (TPSA) is 41.6 Å². The number of halogens is 2. The van der Waals surface area contributed by atoms with Crippen LogP contribution in [-0.2, 0) is 4.74 Å². The van der Waals surface area contributed by atoms with Crippen LogP contribution in [0.1, 0.15) is 20.8 Å². The molecule has 1 aromatic rings. The fraction of sp³-hybridized carbons (Fsp3) is 0.500. The summed E-state index contributed by atoms with van der Waals surface area (Å²) in [7, 11) is 0. The van der Waals surface area contributed by atoms with Crippen LogP contribution in [0.25, 0.3) is 0 Å². The molecule has 110 valence electrons. The molecule has 1 fully saturated rings. The van der Waals surface area contributed by atoms with Crippen molar-refractivity contribution < 1.29 is 9.53 Å². The van der Waals surface area contributed by atoms with Gasteiger partial charge in [0.1, 0.15) is 5.60 Å². The molecule has 0 spiro atoms. The summed E-state index contributed by atoms with van der Waals surface area (Å²) in [4.78, 5) is 13.5. The third-order valence-electron chi connectivity index (χ3n) is 2.82. The van der Waals surface area contributed by atoms with Gasteiger partial charge in [-0.05, 0) is 54.9 Å². The SMILES string of the molecule is CC(C)(C)OC(=O)N1CC(Nc2cc(Cl)ccc2Br)C1. The van der Waals surface area contributed by atoms with Gasteiger partial charge in [0.25, 0.3) is 0 Å². The number of hydrogen-bond donors (Lipinski definition) is 1. The van der Waals surface area contributed by atoms with E-state index in [2.05, 4.69) is 21.2 Å². The van der Waals surface area contributed by atoms with Gasteiger partial charge in [0.2, 0.25) is 0 Å². The van der Waals surface area contributed by atoms with Gasteiger partial charge in [-0.2, -0.15) is 0 Å². The molecule has 0 aromatic heterocycles. The molecule has 0 atom stereocenters. The first kappa shape index (κ1) is 15.4. The normalized spacial score (nSPS) is 15.8. The number of carbonyl (C=O) groups is 1. The van der Waals surface area contributed by atoms with E-state index in [-0.39, 0.29) is 12.1 Å². The van der Waals surface area contributed by atoms with E-state index < -0.39 is 5.60 Å². The third kappa shape index (κ3) is 4.03. The Morgan fingerprint density at radius 2 is 2.10 bits per heavy atom. The van der Waals surface area contributed by atoms with Gasteiger partial charge < -0.3 is 15.0 Å². The molecule has 4 nitrogen and oxygen atoms in total. The molecule has 1 amide bonds. The lowest BCUT2D eigenvalue weighted by atomic mass is 10.1. The minimum absolute atomic E-state index is 0.220. The van der Waals surface area contributed by atoms with Crippen molar-refractivity contribution in [3.8, 4) is 0 Å². The molecule has 1 aliphatic rings. The van der Waals surface area contributed by atoms with Crippen molar-refractivity contribution in [1.82, 2.24) is 4.90 Å². The van der Waals surface area contributed by atoms with Crippen molar-refractivity contribution in [3.63, 3.8) is 0 Å². The van der Waals surface area contributed by atoms with Crippen LogP contribution in [0.15, 0.2) is 22.7 Å². The summed E-state index contributed by atoms with van der Waals surface area (Å²) in [6.07, 6.45) is -0.263. The number of hydrogen-bond acceptors (Lipinski definition) is 3. The summed E-state index contributed by atoms with van der Waals surface area (Å²) < 4.78 is 6.27. The number of nitrogens with one attached hydrogen (secondary N) is 1. The number of benzene rings is 1. The largest absolute Gasteiger partial charge is 0.444 e. The van der Waals surface area contributed by atoms with Gasteiger partial charge in [0.15, 0.2) is 0 Å². The molecule has 1 aromatic carbocycles. The van der Waals surface area contributed by atoms with Crippen molar-refractivity contribution in [2.45, 2.75) is 32.4 Å². The third-order valence-corrected chi connectivity index (χ3v) is 3.75. The van der Waals surface area contributed by atoms with Crippen LogP contribution in [0.4, 0.5) is 10.5 Å². The molecular formula is C14H18BrClN2O2. The zero-order valence-corrected chi connectivity index (χ0v) is 14.1. The molecule has 0 saturated carbocycles. The van der Waals surface area contributed by atoms with E-state index in [1.54, 1.807) is 4.90 Å². The second-order valence-corrected chi connectivity index (χ2v) is 7.14.